The third-order valence-corrected chi connectivity index (χ3v) is 2.32. The van der Waals surface area contributed by atoms with Crippen molar-refractivity contribution in [2.24, 2.45) is 0 Å². The average molecular weight is 172 g/mol. The van der Waals surface area contributed by atoms with Crippen LogP contribution < -0.4 is 5.32 Å². The van der Waals surface area contributed by atoms with Gasteiger partial charge in [0.1, 0.15) is 0 Å². The molecule has 1 unspecified atom stereocenters. The first-order valence-electron chi connectivity index (χ1n) is 5.13. The molecule has 0 bridgehead atoms. The lowest BCUT2D eigenvalue weighted by atomic mass is 10.2. The van der Waals surface area contributed by atoms with Crippen molar-refractivity contribution in [2.45, 2.75) is 39.7 Å². The lowest BCUT2D eigenvalue weighted by molar-refractivity contribution is 0.245. The SMILES string of the molecule is CCCN(C)C(C)CCNCC. The average Bonchev–Trinajstić information content (AvgIpc) is 2.05. The second kappa shape index (κ2) is 7.56. The molecule has 0 saturated heterocycles. The third-order valence-electron chi connectivity index (χ3n) is 2.32. The Morgan fingerprint density at radius 3 is 2.50 bits per heavy atom. The first-order valence-corrected chi connectivity index (χ1v) is 5.13. The fourth-order valence-electron chi connectivity index (χ4n) is 1.28. The summed E-state index contributed by atoms with van der Waals surface area (Å²) in [6.07, 6.45) is 2.51. The molecule has 2 nitrogen and oxygen atoms in total. The molecule has 0 amide bonds. The van der Waals surface area contributed by atoms with Crippen LogP contribution in [0.15, 0.2) is 0 Å². The van der Waals surface area contributed by atoms with E-state index in [1.165, 1.54) is 19.4 Å². The molecule has 0 aliphatic heterocycles. The summed E-state index contributed by atoms with van der Waals surface area (Å²) in [6, 6.07) is 0.712. The minimum absolute atomic E-state index is 0.712. The van der Waals surface area contributed by atoms with Crippen LogP contribution >= 0.6 is 0 Å². The molecule has 74 valence electrons. The topological polar surface area (TPSA) is 15.3 Å². The van der Waals surface area contributed by atoms with E-state index in [2.05, 4.69) is 38.0 Å². The molecule has 0 aliphatic rings. The standard InChI is InChI=1S/C10H24N2/c1-5-9-12(4)10(3)7-8-11-6-2/h10-11H,5-9H2,1-4H3. The molecular formula is C10H24N2. The summed E-state index contributed by atoms with van der Waals surface area (Å²) in [5, 5.41) is 3.35. The summed E-state index contributed by atoms with van der Waals surface area (Å²) < 4.78 is 0. The van der Waals surface area contributed by atoms with Crippen molar-refractivity contribution >= 4 is 0 Å². The van der Waals surface area contributed by atoms with Crippen LogP contribution in [-0.4, -0.2) is 37.6 Å². The van der Waals surface area contributed by atoms with E-state index in [0.29, 0.717) is 6.04 Å². The smallest absolute Gasteiger partial charge is 0.00759 e. The number of rotatable bonds is 7. The van der Waals surface area contributed by atoms with Gasteiger partial charge in [-0.05, 0) is 46.4 Å². The summed E-state index contributed by atoms with van der Waals surface area (Å²) in [5.74, 6) is 0. The monoisotopic (exact) mass is 172 g/mol. The van der Waals surface area contributed by atoms with Crippen LogP contribution in [0, 0.1) is 0 Å². The zero-order chi connectivity index (χ0) is 9.40. The van der Waals surface area contributed by atoms with Crippen molar-refractivity contribution in [1.82, 2.24) is 10.2 Å². The Morgan fingerprint density at radius 1 is 1.33 bits per heavy atom. The first kappa shape index (κ1) is 11.9. The van der Waals surface area contributed by atoms with Gasteiger partial charge >= 0.3 is 0 Å². The van der Waals surface area contributed by atoms with Gasteiger partial charge in [0.25, 0.3) is 0 Å². The summed E-state index contributed by atoms with van der Waals surface area (Å²) >= 11 is 0. The van der Waals surface area contributed by atoms with Crippen LogP contribution in [0.5, 0.6) is 0 Å². The Labute approximate surface area is 77.3 Å². The van der Waals surface area contributed by atoms with Gasteiger partial charge in [-0.15, -0.1) is 0 Å². The molecule has 2 heteroatoms. The molecular weight excluding hydrogens is 148 g/mol. The van der Waals surface area contributed by atoms with Crippen molar-refractivity contribution in [3.8, 4) is 0 Å². The van der Waals surface area contributed by atoms with Crippen LogP contribution in [0.3, 0.4) is 0 Å². The van der Waals surface area contributed by atoms with Crippen molar-refractivity contribution < 1.29 is 0 Å². The highest BCUT2D eigenvalue weighted by Crippen LogP contribution is 2.00. The van der Waals surface area contributed by atoms with Crippen molar-refractivity contribution in [3.05, 3.63) is 0 Å². The van der Waals surface area contributed by atoms with Gasteiger partial charge in [-0.1, -0.05) is 13.8 Å². The minimum atomic E-state index is 0.712. The van der Waals surface area contributed by atoms with E-state index in [4.69, 9.17) is 0 Å². The Kier molecular flexibility index (Phi) is 7.51. The van der Waals surface area contributed by atoms with E-state index >= 15 is 0 Å². The van der Waals surface area contributed by atoms with Crippen molar-refractivity contribution in [2.75, 3.05) is 26.7 Å². The largest absolute Gasteiger partial charge is 0.317 e. The fourth-order valence-corrected chi connectivity index (χ4v) is 1.28. The lowest BCUT2D eigenvalue weighted by Crippen LogP contribution is -2.32. The molecule has 12 heavy (non-hydrogen) atoms. The highest BCUT2D eigenvalue weighted by molar-refractivity contribution is 4.63. The second-order valence-corrected chi connectivity index (χ2v) is 3.47. The quantitative estimate of drug-likeness (QED) is 0.588. The van der Waals surface area contributed by atoms with E-state index in [1.54, 1.807) is 0 Å². The maximum atomic E-state index is 3.35. The summed E-state index contributed by atoms with van der Waals surface area (Å²) in [4.78, 5) is 2.43. The van der Waals surface area contributed by atoms with Gasteiger partial charge in [0, 0.05) is 6.04 Å². The predicted octanol–water partition coefficient (Wildman–Crippen LogP) is 1.72. The zero-order valence-electron chi connectivity index (χ0n) is 9.06. The molecule has 0 fully saturated rings. The van der Waals surface area contributed by atoms with Crippen molar-refractivity contribution in [3.63, 3.8) is 0 Å². The lowest BCUT2D eigenvalue weighted by Gasteiger charge is -2.23. The van der Waals surface area contributed by atoms with Crippen molar-refractivity contribution in [1.29, 1.82) is 0 Å². The molecule has 0 aromatic carbocycles. The molecule has 1 N–H and O–H groups in total. The van der Waals surface area contributed by atoms with E-state index < -0.39 is 0 Å². The number of hydrogen-bond donors (Lipinski definition) is 1. The van der Waals surface area contributed by atoms with Crippen LogP contribution in [0.25, 0.3) is 0 Å². The number of nitrogens with one attached hydrogen (secondary N) is 1. The van der Waals surface area contributed by atoms with E-state index in [0.717, 1.165) is 13.1 Å². The Bertz CT molecular complexity index is 93.8. The first-order chi connectivity index (χ1) is 5.72. The third kappa shape index (κ3) is 5.56. The van der Waals surface area contributed by atoms with Gasteiger partial charge < -0.3 is 10.2 Å². The highest BCUT2D eigenvalue weighted by atomic mass is 15.1. The van der Waals surface area contributed by atoms with Gasteiger partial charge in [-0.2, -0.15) is 0 Å². The van der Waals surface area contributed by atoms with E-state index in [-0.39, 0.29) is 0 Å². The van der Waals surface area contributed by atoms with E-state index in [9.17, 15) is 0 Å². The normalized spacial score (nSPS) is 13.8. The van der Waals surface area contributed by atoms with Gasteiger partial charge in [-0.25, -0.2) is 0 Å². The molecule has 0 spiro atoms. The Morgan fingerprint density at radius 2 is 2.00 bits per heavy atom. The minimum Gasteiger partial charge on any atom is -0.317 e. The Balaban J connectivity index is 3.35. The Hall–Kier alpha value is -0.0800. The summed E-state index contributed by atoms with van der Waals surface area (Å²) in [6.45, 7) is 10.1. The summed E-state index contributed by atoms with van der Waals surface area (Å²) in [7, 11) is 2.21. The molecule has 0 aliphatic carbocycles. The van der Waals surface area contributed by atoms with Gasteiger partial charge in [0.05, 0.1) is 0 Å². The molecule has 0 heterocycles. The van der Waals surface area contributed by atoms with Gasteiger partial charge in [-0.3, -0.25) is 0 Å². The molecule has 0 aromatic rings. The van der Waals surface area contributed by atoms with Crippen LogP contribution in [0.4, 0.5) is 0 Å². The maximum absolute atomic E-state index is 3.35. The second-order valence-electron chi connectivity index (χ2n) is 3.47. The van der Waals surface area contributed by atoms with Gasteiger partial charge in [0.2, 0.25) is 0 Å². The van der Waals surface area contributed by atoms with Crippen LogP contribution in [0.1, 0.15) is 33.6 Å². The van der Waals surface area contributed by atoms with Crippen LogP contribution in [-0.2, 0) is 0 Å². The van der Waals surface area contributed by atoms with Crippen LogP contribution in [0.2, 0.25) is 0 Å². The number of nitrogens with zero attached hydrogens (tertiary/aromatic N) is 1. The number of hydrogen-bond acceptors (Lipinski definition) is 2. The summed E-state index contributed by atoms with van der Waals surface area (Å²) in [5.41, 5.74) is 0. The molecule has 0 saturated carbocycles. The maximum Gasteiger partial charge on any atom is 0.00759 e. The fraction of sp³-hybridized carbons (Fsp3) is 1.00. The predicted molar refractivity (Wildman–Crippen MR) is 55.5 cm³/mol. The molecule has 0 radical (unpaired) electrons. The molecule has 0 rings (SSSR count). The van der Waals surface area contributed by atoms with E-state index in [1.807, 2.05) is 0 Å². The van der Waals surface area contributed by atoms with Gasteiger partial charge in [0.15, 0.2) is 0 Å². The molecule has 0 aromatic heterocycles. The highest BCUT2D eigenvalue weighted by Gasteiger charge is 2.06. The molecule has 1 atom stereocenters. The zero-order valence-corrected chi connectivity index (χ0v) is 9.06.